The quantitative estimate of drug-likeness (QED) is 0.786. The van der Waals surface area contributed by atoms with Crippen molar-refractivity contribution in [2.45, 2.75) is 45.2 Å². The van der Waals surface area contributed by atoms with E-state index in [0.717, 1.165) is 31.4 Å². The Morgan fingerprint density at radius 1 is 1.45 bits per heavy atom. The number of phenols is 1. The van der Waals surface area contributed by atoms with Crippen LogP contribution >= 0.6 is 0 Å². The van der Waals surface area contributed by atoms with Crippen molar-refractivity contribution in [2.75, 3.05) is 6.54 Å². The van der Waals surface area contributed by atoms with Crippen LogP contribution in [0.3, 0.4) is 0 Å². The first-order valence-electron chi connectivity index (χ1n) is 7.36. The molecule has 0 saturated carbocycles. The number of nitrogens with one attached hydrogen (secondary N) is 2. The van der Waals surface area contributed by atoms with Crippen LogP contribution in [0.5, 0.6) is 5.75 Å². The third-order valence-corrected chi connectivity index (χ3v) is 3.86. The minimum atomic E-state index is 0.109. The Morgan fingerprint density at radius 2 is 2.15 bits per heavy atom. The second-order valence-electron chi connectivity index (χ2n) is 5.86. The summed E-state index contributed by atoms with van der Waals surface area (Å²) < 4.78 is 0. The summed E-state index contributed by atoms with van der Waals surface area (Å²) in [6, 6.07) is 7.68. The van der Waals surface area contributed by atoms with Crippen LogP contribution in [0.25, 0.3) is 0 Å². The Labute approximate surface area is 120 Å². The van der Waals surface area contributed by atoms with Crippen LogP contribution in [-0.4, -0.2) is 29.6 Å². The van der Waals surface area contributed by atoms with Crippen molar-refractivity contribution in [1.29, 1.82) is 0 Å². The number of hydrogen-bond donors (Lipinski definition) is 3. The van der Waals surface area contributed by atoms with Gasteiger partial charge >= 0.3 is 0 Å². The lowest BCUT2D eigenvalue weighted by Gasteiger charge is -2.28. The average Bonchev–Trinajstić information content (AvgIpc) is 2.41. The van der Waals surface area contributed by atoms with Gasteiger partial charge < -0.3 is 15.7 Å². The number of amides is 1. The Bertz CT molecular complexity index is 444. The molecule has 0 aliphatic carbocycles. The van der Waals surface area contributed by atoms with E-state index in [2.05, 4.69) is 17.6 Å². The summed E-state index contributed by atoms with van der Waals surface area (Å²) in [6.45, 7) is 5.07. The molecule has 2 rings (SSSR count). The maximum Gasteiger partial charge on any atom is 0.223 e. The molecule has 1 saturated heterocycles. The summed E-state index contributed by atoms with van der Waals surface area (Å²) in [5.41, 5.74) is 1.12. The van der Waals surface area contributed by atoms with Gasteiger partial charge in [0.15, 0.2) is 0 Å². The van der Waals surface area contributed by atoms with Gasteiger partial charge in [0.1, 0.15) is 5.75 Å². The summed E-state index contributed by atoms with van der Waals surface area (Å²) in [6.07, 6.45) is 2.62. The first-order chi connectivity index (χ1) is 9.54. The predicted molar refractivity (Wildman–Crippen MR) is 79.6 cm³/mol. The number of carbonyl (C=O) groups excluding carboxylic acids is 1. The van der Waals surface area contributed by atoms with Gasteiger partial charge in [-0.2, -0.15) is 0 Å². The van der Waals surface area contributed by atoms with Crippen LogP contribution < -0.4 is 10.6 Å². The van der Waals surface area contributed by atoms with Crippen LogP contribution in [0.15, 0.2) is 24.3 Å². The van der Waals surface area contributed by atoms with Gasteiger partial charge in [0.2, 0.25) is 5.91 Å². The molecule has 4 heteroatoms. The first-order valence-corrected chi connectivity index (χ1v) is 7.36. The van der Waals surface area contributed by atoms with E-state index in [1.54, 1.807) is 12.1 Å². The molecular weight excluding hydrogens is 252 g/mol. The Kier molecular flexibility index (Phi) is 5.01. The predicted octanol–water partition coefficient (Wildman–Crippen LogP) is 1.83. The molecule has 20 heavy (non-hydrogen) atoms. The molecule has 1 heterocycles. The van der Waals surface area contributed by atoms with Crippen molar-refractivity contribution in [3.63, 3.8) is 0 Å². The number of piperidine rings is 1. The largest absolute Gasteiger partial charge is 0.508 e. The van der Waals surface area contributed by atoms with Crippen LogP contribution in [-0.2, 0) is 11.2 Å². The standard InChI is InChI=1S/C16H24N2O2/c1-11-10-14(7-8-17-11)16(20)18-12(2)9-13-3-5-15(19)6-4-13/h3-6,11-12,14,17,19H,7-10H2,1-2H3,(H,18,20)/t11-,12?,14-/m0/s1. The second-order valence-corrected chi connectivity index (χ2v) is 5.86. The fraction of sp³-hybridized carbons (Fsp3) is 0.562. The normalized spacial score (nSPS) is 24.1. The molecule has 0 spiro atoms. The van der Waals surface area contributed by atoms with Crippen molar-refractivity contribution >= 4 is 5.91 Å². The van der Waals surface area contributed by atoms with Crippen LogP contribution in [0.1, 0.15) is 32.3 Å². The molecule has 1 aliphatic heterocycles. The molecule has 1 unspecified atom stereocenters. The van der Waals surface area contributed by atoms with Crippen molar-refractivity contribution in [3.05, 3.63) is 29.8 Å². The van der Waals surface area contributed by atoms with Gasteiger partial charge in [-0.15, -0.1) is 0 Å². The zero-order valence-electron chi connectivity index (χ0n) is 12.2. The number of aromatic hydroxyl groups is 1. The number of hydrogen-bond acceptors (Lipinski definition) is 3. The topological polar surface area (TPSA) is 61.4 Å². The highest BCUT2D eigenvalue weighted by Crippen LogP contribution is 2.17. The van der Waals surface area contributed by atoms with E-state index in [9.17, 15) is 9.90 Å². The molecule has 1 aromatic rings. The van der Waals surface area contributed by atoms with E-state index >= 15 is 0 Å². The number of benzene rings is 1. The monoisotopic (exact) mass is 276 g/mol. The highest BCUT2D eigenvalue weighted by Gasteiger charge is 2.25. The van der Waals surface area contributed by atoms with E-state index in [0.29, 0.717) is 6.04 Å². The summed E-state index contributed by atoms with van der Waals surface area (Å²) in [5.74, 6) is 0.576. The smallest absolute Gasteiger partial charge is 0.223 e. The molecule has 3 atom stereocenters. The summed E-state index contributed by atoms with van der Waals surface area (Å²) in [5, 5.41) is 15.7. The molecule has 3 N–H and O–H groups in total. The van der Waals surface area contributed by atoms with Crippen molar-refractivity contribution in [3.8, 4) is 5.75 Å². The Hall–Kier alpha value is -1.55. The zero-order valence-corrected chi connectivity index (χ0v) is 12.2. The third kappa shape index (κ3) is 4.23. The van der Waals surface area contributed by atoms with E-state index in [1.165, 1.54) is 0 Å². The maximum atomic E-state index is 12.2. The minimum Gasteiger partial charge on any atom is -0.508 e. The van der Waals surface area contributed by atoms with Gasteiger partial charge in [0.25, 0.3) is 0 Å². The third-order valence-electron chi connectivity index (χ3n) is 3.86. The lowest BCUT2D eigenvalue weighted by molar-refractivity contribution is -0.126. The minimum absolute atomic E-state index is 0.109. The van der Waals surface area contributed by atoms with Gasteiger partial charge in [-0.3, -0.25) is 4.79 Å². The second kappa shape index (κ2) is 6.75. The molecule has 0 radical (unpaired) electrons. The highest BCUT2D eigenvalue weighted by atomic mass is 16.3. The molecular formula is C16H24N2O2. The van der Waals surface area contributed by atoms with Crippen molar-refractivity contribution in [2.24, 2.45) is 5.92 Å². The molecule has 1 amide bonds. The van der Waals surface area contributed by atoms with Gasteiger partial charge in [0, 0.05) is 18.0 Å². The average molecular weight is 276 g/mol. The summed E-state index contributed by atoms with van der Waals surface area (Å²) in [4.78, 5) is 12.2. The van der Waals surface area contributed by atoms with Gasteiger partial charge in [-0.05, 0) is 57.4 Å². The van der Waals surface area contributed by atoms with E-state index in [4.69, 9.17) is 0 Å². The van der Waals surface area contributed by atoms with E-state index < -0.39 is 0 Å². The molecule has 1 aliphatic rings. The molecule has 1 fully saturated rings. The highest BCUT2D eigenvalue weighted by molar-refractivity contribution is 5.79. The molecule has 4 nitrogen and oxygen atoms in total. The fourth-order valence-corrected chi connectivity index (χ4v) is 2.77. The number of rotatable bonds is 4. The molecule has 110 valence electrons. The molecule has 0 bridgehead atoms. The SMILES string of the molecule is CC(Cc1ccc(O)cc1)NC(=O)[C@H]1CCN[C@@H](C)C1. The van der Waals surface area contributed by atoms with Crippen LogP contribution in [0.4, 0.5) is 0 Å². The number of carbonyl (C=O) groups is 1. The Balaban J connectivity index is 1.82. The lowest BCUT2D eigenvalue weighted by Crippen LogP contribution is -2.45. The van der Waals surface area contributed by atoms with Crippen molar-refractivity contribution < 1.29 is 9.90 Å². The van der Waals surface area contributed by atoms with Crippen LogP contribution in [0, 0.1) is 5.92 Å². The Morgan fingerprint density at radius 3 is 2.80 bits per heavy atom. The number of phenolic OH excluding ortho intramolecular Hbond substituents is 1. The van der Waals surface area contributed by atoms with Crippen LogP contribution in [0.2, 0.25) is 0 Å². The van der Waals surface area contributed by atoms with Crippen molar-refractivity contribution in [1.82, 2.24) is 10.6 Å². The first kappa shape index (κ1) is 14.9. The summed E-state index contributed by atoms with van der Waals surface area (Å²) >= 11 is 0. The lowest BCUT2D eigenvalue weighted by atomic mass is 9.92. The van der Waals surface area contributed by atoms with Gasteiger partial charge in [0.05, 0.1) is 0 Å². The molecule has 1 aromatic carbocycles. The zero-order chi connectivity index (χ0) is 14.5. The van der Waals surface area contributed by atoms with Gasteiger partial charge in [-0.25, -0.2) is 0 Å². The van der Waals surface area contributed by atoms with Gasteiger partial charge in [-0.1, -0.05) is 12.1 Å². The maximum absolute atomic E-state index is 12.2. The summed E-state index contributed by atoms with van der Waals surface area (Å²) in [7, 11) is 0. The van der Waals surface area contributed by atoms with E-state index in [-0.39, 0.29) is 23.6 Å². The molecule has 0 aromatic heterocycles. The fourth-order valence-electron chi connectivity index (χ4n) is 2.77. The van der Waals surface area contributed by atoms with E-state index in [1.807, 2.05) is 19.1 Å².